The molecule has 0 saturated heterocycles. The number of carbonyl (C=O) groups is 1. The van der Waals surface area contributed by atoms with Crippen molar-refractivity contribution in [2.45, 2.75) is 31.2 Å². The van der Waals surface area contributed by atoms with E-state index in [1.165, 1.54) is 22.5 Å². The van der Waals surface area contributed by atoms with E-state index in [0.717, 1.165) is 11.3 Å². The maximum atomic E-state index is 13.3. The molecule has 1 unspecified atom stereocenters. The molecule has 1 atom stereocenters. The lowest BCUT2D eigenvalue weighted by Crippen LogP contribution is -2.30. The summed E-state index contributed by atoms with van der Waals surface area (Å²) >= 11 is 6.24. The predicted octanol–water partition coefficient (Wildman–Crippen LogP) is 4.48. The molecule has 3 aromatic rings. The van der Waals surface area contributed by atoms with E-state index in [1.807, 2.05) is 25.1 Å². The Morgan fingerprint density at radius 2 is 1.93 bits per heavy atom. The van der Waals surface area contributed by atoms with Crippen molar-refractivity contribution in [3.63, 3.8) is 0 Å². The van der Waals surface area contributed by atoms with Gasteiger partial charge in [-0.05, 0) is 62.2 Å². The van der Waals surface area contributed by atoms with Crippen LogP contribution in [0.15, 0.2) is 63.9 Å². The summed E-state index contributed by atoms with van der Waals surface area (Å²) in [5, 5.41) is 2.90. The summed E-state index contributed by atoms with van der Waals surface area (Å²) in [4.78, 5) is 12.7. The van der Waals surface area contributed by atoms with Crippen LogP contribution in [0.3, 0.4) is 0 Å². The number of para-hydroxylation sites is 1. The molecule has 4 rings (SSSR count). The van der Waals surface area contributed by atoms with Gasteiger partial charge in [-0.3, -0.25) is 9.10 Å². The number of nitrogens with zero attached hydrogens (tertiary/aromatic N) is 1. The van der Waals surface area contributed by atoms with Crippen molar-refractivity contribution in [3.05, 3.63) is 82.3 Å². The molecule has 1 aliphatic rings. The third kappa shape index (κ3) is 3.70. The van der Waals surface area contributed by atoms with Crippen molar-refractivity contribution in [1.82, 2.24) is 5.32 Å². The lowest BCUT2D eigenvalue weighted by Gasteiger charge is -2.21. The Hall–Kier alpha value is -2.77. The zero-order chi connectivity index (χ0) is 21.5. The second kappa shape index (κ2) is 7.81. The number of nitrogens with one attached hydrogen (secondary N) is 1. The number of hydrogen-bond donors (Lipinski definition) is 1. The summed E-state index contributed by atoms with van der Waals surface area (Å²) in [5.41, 5.74) is 1.82. The standard InChI is InChI=1S/C22H21ClN2O4S/c1-14-7-10-20(29-14)15(2)24-22(26)17-8-9-18(23)21(13-17)30(27,28)25-12-11-16-5-3-4-6-19(16)25/h3-10,13,15H,11-12H2,1-2H3,(H,24,26). The molecule has 1 N–H and O–H groups in total. The SMILES string of the molecule is Cc1ccc(C(C)NC(=O)c2ccc(Cl)c(S(=O)(=O)N3CCc4ccccc43)c2)o1. The lowest BCUT2D eigenvalue weighted by molar-refractivity contribution is 0.0935. The molecule has 0 aliphatic carbocycles. The van der Waals surface area contributed by atoms with Gasteiger partial charge in [0.05, 0.1) is 16.8 Å². The Kier molecular flexibility index (Phi) is 5.34. The van der Waals surface area contributed by atoms with Gasteiger partial charge in [-0.2, -0.15) is 0 Å². The molecule has 1 aromatic heterocycles. The average molecular weight is 445 g/mol. The summed E-state index contributed by atoms with van der Waals surface area (Å²) in [5.74, 6) is 0.958. The van der Waals surface area contributed by atoms with Gasteiger partial charge in [0.15, 0.2) is 0 Å². The topological polar surface area (TPSA) is 79.6 Å². The first-order valence-corrected chi connectivity index (χ1v) is 11.4. The van der Waals surface area contributed by atoms with Crippen LogP contribution in [0, 0.1) is 6.92 Å². The minimum atomic E-state index is -3.91. The van der Waals surface area contributed by atoms with Crippen molar-refractivity contribution in [2.75, 3.05) is 10.8 Å². The van der Waals surface area contributed by atoms with E-state index in [2.05, 4.69) is 5.32 Å². The van der Waals surface area contributed by atoms with E-state index < -0.39 is 15.9 Å². The summed E-state index contributed by atoms with van der Waals surface area (Å²) < 4.78 is 33.6. The largest absolute Gasteiger partial charge is 0.464 e. The van der Waals surface area contributed by atoms with Crippen LogP contribution < -0.4 is 9.62 Å². The normalized spacial score (nSPS) is 14.4. The highest BCUT2D eigenvalue weighted by Gasteiger charge is 2.32. The molecule has 2 heterocycles. The quantitative estimate of drug-likeness (QED) is 0.629. The number of aryl methyl sites for hydroxylation is 1. The fourth-order valence-electron chi connectivity index (χ4n) is 3.56. The molecule has 0 fully saturated rings. The van der Waals surface area contributed by atoms with Crippen molar-refractivity contribution in [1.29, 1.82) is 0 Å². The predicted molar refractivity (Wildman–Crippen MR) is 115 cm³/mol. The number of hydrogen-bond acceptors (Lipinski definition) is 4. The number of fused-ring (bicyclic) bond motifs is 1. The van der Waals surface area contributed by atoms with Crippen LogP contribution in [-0.2, 0) is 16.4 Å². The van der Waals surface area contributed by atoms with E-state index in [-0.39, 0.29) is 21.5 Å². The van der Waals surface area contributed by atoms with Gasteiger partial charge >= 0.3 is 0 Å². The van der Waals surface area contributed by atoms with Crippen molar-refractivity contribution >= 4 is 33.2 Å². The van der Waals surface area contributed by atoms with Crippen LogP contribution in [0.1, 0.15) is 40.4 Å². The molecule has 1 aliphatic heterocycles. The van der Waals surface area contributed by atoms with Crippen molar-refractivity contribution in [3.8, 4) is 0 Å². The Morgan fingerprint density at radius 3 is 2.67 bits per heavy atom. The summed E-state index contributed by atoms with van der Waals surface area (Å²) in [7, 11) is -3.91. The summed E-state index contributed by atoms with van der Waals surface area (Å²) in [6.07, 6.45) is 0.632. The third-order valence-electron chi connectivity index (χ3n) is 5.14. The maximum absolute atomic E-state index is 13.3. The van der Waals surface area contributed by atoms with Crippen LogP contribution in [0.25, 0.3) is 0 Å². The molecular weight excluding hydrogens is 424 g/mol. The van der Waals surface area contributed by atoms with Crippen LogP contribution >= 0.6 is 11.6 Å². The number of furan rings is 1. The van der Waals surface area contributed by atoms with Gasteiger partial charge < -0.3 is 9.73 Å². The van der Waals surface area contributed by atoms with E-state index in [1.54, 1.807) is 25.1 Å². The first-order valence-electron chi connectivity index (χ1n) is 9.55. The van der Waals surface area contributed by atoms with Crippen LogP contribution in [0.5, 0.6) is 0 Å². The van der Waals surface area contributed by atoms with Crippen LogP contribution in [-0.4, -0.2) is 20.9 Å². The van der Waals surface area contributed by atoms with E-state index in [4.69, 9.17) is 16.0 Å². The summed E-state index contributed by atoms with van der Waals surface area (Å²) in [6, 6.07) is 14.9. The van der Waals surface area contributed by atoms with Crippen molar-refractivity contribution in [2.24, 2.45) is 0 Å². The van der Waals surface area contributed by atoms with Gasteiger partial charge in [0, 0.05) is 12.1 Å². The third-order valence-corrected chi connectivity index (χ3v) is 7.44. The molecule has 156 valence electrons. The number of sulfonamides is 1. The molecule has 30 heavy (non-hydrogen) atoms. The molecular formula is C22H21ClN2O4S. The van der Waals surface area contributed by atoms with E-state index in [9.17, 15) is 13.2 Å². The number of anilines is 1. The number of benzene rings is 2. The fourth-order valence-corrected chi connectivity index (χ4v) is 5.56. The highest BCUT2D eigenvalue weighted by Crippen LogP contribution is 2.35. The molecule has 0 radical (unpaired) electrons. The van der Waals surface area contributed by atoms with Gasteiger partial charge in [0.25, 0.3) is 15.9 Å². The van der Waals surface area contributed by atoms with E-state index in [0.29, 0.717) is 24.4 Å². The average Bonchev–Trinajstić information content (AvgIpc) is 3.34. The Balaban J connectivity index is 1.63. The zero-order valence-electron chi connectivity index (χ0n) is 16.6. The number of amides is 1. The zero-order valence-corrected chi connectivity index (χ0v) is 18.1. The molecule has 8 heteroatoms. The molecule has 0 bridgehead atoms. The number of rotatable bonds is 5. The minimum absolute atomic E-state index is 0.0747. The second-order valence-electron chi connectivity index (χ2n) is 7.24. The van der Waals surface area contributed by atoms with Crippen LogP contribution in [0.4, 0.5) is 5.69 Å². The van der Waals surface area contributed by atoms with Gasteiger partial charge in [0.1, 0.15) is 16.4 Å². The minimum Gasteiger partial charge on any atom is -0.464 e. The number of halogens is 1. The van der Waals surface area contributed by atoms with E-state index >= 15 is 0 Å². The molecule has 0 saturated carbocycles. The first kappa shape index (κ1) is 20.5. The Labute approximate surface area is 180 Å². The Morgan fingerprint density at radius 1 is 1.17 bits per heavy atom. The van der Waals surface area contributed by atoms with Gasteiger partial charge in [0.2, 0.25) is 0 Å². The van der Waals surface area contributed by atoms with Gasteiger partial charge in [-0.1, -0.05) is 29.8 Å². The van der Waals surface area contributed by atoms with Gasteiger partial charge in [-0.25, -0.2) is 8.42 Å². The first-order chi connectivity index (χ1) is 14.3. The summed E-state index contributed by atoms with van der Waals surface area (Å²) in [6.45, 7) is 3.96. The van der Waals surface area contributed by atoms with Crippen molar-refractivity contribution < 1.29 is 17.6 Å². The highest BCUT2D eigenvalue weighted by molar-refractivity contribution is 7.93. The fraction of sp³-hybridized carbons (Fsp3) is 0.227. The van der Waals surface area contributed by atoms with Crippen LogP contribution in [0.2, 0.25) is 5.02 Å². The second-order valence-corrected chi connectivity index (χ2v) is 9.48. The Bertz CT molecular complexity index is 1220. The highest BCUT2D eigenvalue weighted by atomic mass is 35.5. The molecule has 6 nitrogen and oxygen atoms in total. The smallest absolute Gasteiger partial charge is 0.265 e. The monoisotopic (exact) mass is 444 g/mol. The van der Waals surface area contributed by atoms with Gasteiger partial charge in [-0.15, -0.1) is 0 Å². The molecule has 2 aromatic carbocycles. The maximum Gasteiger partial charge on any atom is 0.265 e. The molecule has 1 amide bonds. The number of carbonyl (C=O) groups excluding carboxylic acids is 1. The molecule has 0 spiro atoms. The lowest BCUT2D eigenvalue weighted by atomic mass is 10.2.